The van der Waals surface area contributed by atoms with Gasteiger partial charge in [0.1, 0.15) is 17.8 Å². The maximum absolute atomic E-state index is 11.8. The number of hydrogen-bond donors (Lipinski definition) is 0. The molecule has 3 aromatic rings. The molecule has 0 aliphatic rings. The third-order valence-electron chi connectivity index (χ3n) is 4.74. The summed E-state index contributed by atoms with van der Waals surface area (Å²) in [4.78, 5) is 16.3. The van der Waals surface area contributed by atoms with Gasteiger partial charge in [0.15, 0.2) is 11.4 Å². The van der Waals surface area contributed by atoms with Gasteiger partial charge in [-0.15, -0.1) is 0 Å². The number of nitrogens with zero attached hydrogens (tertiary/aromatic N) is 1. The highest BCUT2D eigenvalue weighted by Gasteiger charge is 2.26. The molecule has 1 heterocycles. The summed E-state index contributed by atoms with van der Waals surface area (Å²) in [6, 6.07) is 15.3. The number of ketones is 1. The van der Waals surface area contributed by atoms with E-state index in [1.54, 1.807) is 33.3 Å². The normalized spacial score (nSPS) is 11.3. The lowest BCUT2D eigenvalue weighted by atomic mass is 10.0. The molecule has 0 aliphatic heterocycles. The second-order valence-electron chi connectivity index (χ2n) is 7.48. The molecule has 30 heavy (non-hydrogen) atoms. The lowest BCUT2D eigenvalue weighted by Gasteiger charge is -2.25. The highest BCUT2D eigenvalue weighted by atomic mass is 16.5. The smallest absolute Gasteiger partial charge is 0.226 e. The van der Waals surface area contributed by atoms with Gasteiger partial charge in [-0.05, 0) is 51.1 Å². The van der Waals surface area contributed by atoms with Crippen molar-refractivity contribution in [3.63, 3.8) is 0 Å². The predicted molar refractivity (Wildman–Crippen MR) is 114 cm³/mol. The minimum atomic E-state index is -0.908. The first-order valence-corrected chi connectivity index (χ1v) is 9.83. The number of carbonyl (C=O) groups excluding carboxylic acids is 1. The Bertz CT molecular complexity index is 978. The Morgan fingerprint density at radius 2 is 1.90 bits per heavy atom. The molecule has 0 fully saturated rings. The fourth-order valence-corrected chi connectivity index (χ4v) is 2.77. The van der Waals surface area contributed by atoms with Gasteiger partial charge in [0.2, 0.25) is 5.89 Å². The van der Waals surface area contributed by atoms with Gasteiger partial charge in [0.05, 0.1) is 18.9 Å². The van der Waals surface area contributed by atoms with E-state index in [1.807, 2.05) is 42.5 Å². The van der Waals surface area contributed by atoms with Crippen molar-refractivity contribution in [3.05, 3.63) is 66.1 Å². The largest absolute Gasteiger partial charge is 0.493 e. The van der Waals surface area contributed by atoms with Crippen LogP contribution in [0.4, 0.5) is 0 Å². The highest BCUT2D eigenvalue weighted by Crippen LogP contribution is 2.29. The Morgan fingerprint density at radius 3 is 2.60 bits per heavy atom. The van der Waals surface area contributed by atoms with E-state index >= 15 is 0 Å². The van der Waals surface area contributed by atoms with Crippen LogP contribution in [0.2, 0.25) is 0 Å². The predicted octanol–water partition coefficient (Wildman–Crippen LogP) is 4.86. The van der Waals surface area contributed by atoms with Crippen LogP contribution >= 0.6 is 0 Å². The fraction of sp³-hybridized carbons (Fsp3) is 0.333. The van der Waals surface area contributed by atoms with Gasteiger partial charge in [-0.25, -0.2) is 4.98 Å². The Kier molecular flexibility index (Phi) is 6.90. The summed E-state index contributed by atoms with van der Waals surface area (Å²) in [5.74, 6) is 1.85. The molecule has 0 saturated heterocycles. The standard InChI is InChI=1S/C24H27NO5/c1-17(26)24(2,3)30-22-11-10-21(14-19(22)15-27-4)28-13-12-20-16-29-23(25-20)18-8-6-5-7-9-18/h5-11,14,16H,12-13,15H2,1-4H3. The number of rotatable bonds is 10. The Balaban J connectivity index is 1.62. The number of Topliss-reactive ketones (excluding diaryl/α,β-unsaturated/α-hetero) is 1. The van der Waals surface area contributed by atoms with Gasteiger partial charge in [-0.1, -0.05) is 18.2 Å². The van der Waals surface area contributed by atoms with E-state index in [-0.39, 0.29) is 5.78 Å². The second kappa shape index (κ2) is 9.59. The molecule has 1 aromatic heterocycles. The van der Waals surface area contributed by atoms with Gasteiger partial charge >= 0.3 is 0 Å². The van der Waals surface area contributed by atoms with Crippen LogP contribution < -0.4 is 9.47 Å². The van der Waals surface area contributed by atoms with Crippen LogP contribution in [0, 0.1) is 0 Å². The Morgan fingerprint density at radius 1 is 1.13 bits per heavy atom. The van der Waals surface area contributed by atoms with E-state index in [1.165, 1.54) is 6.92 Å². The molecule has 0 spiro atoms. The average molecular weight is 409 g/mol. The summed E-state index contributed by atoms with van der Waals surface area (Å²) in [5.41, 5.74) is 1.68. The van der Waals surface area contributed by atoms with Gasteiger partial charge in [0.25, 0.3) is 0 Å². The summed E-state index contributed by atoms with van der Waals surface area (Å²) in [6.07, 6.45) is 2.27. The lowest BCUT2D eigenvalue weighted by Crippen LogP contribution is -2.36. The van der Waals surface area contributed by atoms with E-state index in [4.69, 9.17) is 18.6 Å². The van der Waals surface area contributed by atoms with Crippen LogP contribution in [0.3, 0.4) is 0 Å². The lowest BCUT2D eigenvalue weighted by molar-refractivity contribution is -0.129. The zero-order valence-electron chi connectivity index (χ0n) is 17.8. The molecule has 158 valence electrons. The van der Waals surface area contributed by atoms with E-state index in [9.17, 15) is 4.79 Å². The third-order valence-corrected chi connectivity index (χ3v) is 4.74. The number of aromatic nitrogens is 1. The van der Waals surface area contributed by atoms with E-state index in [0.717, 1.165) is 16.8 Å². The molecular formula is C24H27NO5. The first-order chi connectivity index (χ1) is 14.4. The molecule has 0 amide bonds. The molecule has 0 unspecified atom stereocenters. The molecular weight excluding hydrogens is 382 g/mol. The quantitative estimate of drug-likeness (QED) is 0.476. The first-order valence-electron chi connectivity index (χ1n) is 9.83. The van der Waals surface area contributed by atoms with E-state index in [2.05, 4.69) is 4.98 Å². The monoisotopic (exact) mass is 409 g/mol. The van der Waals surface area contributed by atoms with Crippen molar-refractivity contribution in [2.24, 2.45) is 0 Å². The summed E-state index contributed by atoms with van der Waals surface area (Å²) in [6.45, 7) is 5.81. The van der Waals surface area contributed by atoms with Crippen LogP contribution in [0.25, 0.3) is 11.5 Å². The molecule has 2 aromatic carbocycles. The summed E-state index contributed by atoms with van der Waals surface area (Å²) >= 11 is 0. The van der Waals surface area contributed by atoms with Gasteiger partial charge in [-0.2, -0.15) is 0 Å². The van der Waals surface area contributed by atoms with Gasteiger partial charge in [-0.3, -0.25) is 4.79 Å². The van der Waals surface area contributed by atoms with Crippen molar-refractivity contribution in [2.75, 3.05) is 13.7 Å². The molecule has 3 rings (SSSR count). The molecule has 0 saturated carbocycles. The third kappa shape index (κ3) is 5.48. The van der Waals surface area contributed by atoms with E-state index < -0.39 is 5.60 Å². The maximum Gasteiger partial charge on any atom is 0.226 e. The van der Waals surface area contributed by atoms with Crippen molar-refractivity contribution in [2.45, 2.75) is 39.4 Å². The molecule has 0 atom stereocenters. The minimum absolute atomic E-state index is 0.0475. The fourth-order valence-electron chi connectivity index (χ4n) is 2.77. The van der Waals surface area contributed by atoms with Crippen LogP contribution in [0.1, 0.15) is 32.0 Å². The number of benzene rings is 2. The number of carbonyl (C=O) groups is 1. The Hall–Kier alpha value is -3.12. The van der Waals surface area contributed by atoms with Crippen LogP contribution in [-0.2, 0) is 22.6 Å². The number of oxazole rings is 1. The number of ether oxygens (including phenoxy) is 3. The van der Waals surface area contributed by atoms with Crippen molar-refractivity contribution < 1.29 is 23.4 Å². The van der Waals surface area contributed by atoms with Crippen molar-refractivity contribution >= 4 is 5.78 Å². The van der Waals surface area contributed by atoms with Crippen LogP contribution in [-0.4, -0.2) is 30.1 Å². The highest BCUT2D eigenvalue weighted by molar-refractivity contribution is 5.84. The molecule has 6 nitrogen and oxygen atoms in total. The Labute approximate surface area is 176 Å². The zero-order chi connectivity index (χ0) is 21.6. The summed E-state index contributed by atoms with van der Waals surface area (Å²) < 4.78 is 22.6. The van der Waals surface area contributed by atoms with Gasteiger partial charge < -0.3 is 18.6 Å². The van der Waals surface area contributed by atoms with Crippen LogP contribution in [0.15, 0.2) is 59.2 Å². The second-order valence-corrected chi connectivity index (χ2v) is 7.48. The minimum Gasteiger partial charge on any atom is -0.493 e. The van der Waals surface area contributed by atoms with E-state index in [0.29, 0.717) is 37.0 Å². The topological polar surface area (TPSA) is 70.8 Å². The van der Waals surface area contributed by atoms with Crippen molar-refractivity contribution in [3.8, 4) is 23.0 Å². The average Bonchev–Trinajstić information content (AvgIpc) is 3.19. The number of hydrogen-bond acceptors (Lipinski definition) is 6. The molecule has 0 radical (unpaired) electrons. The van der Waals surface area contributed by atoms with Crippen molar-refractivity contribution in [1.29, 1.82) is 0 Å². The SMILES string of the molecule is COCc1cc(OCCc2coc(-c3ccccc3)n2)ccc1OC(C)(C)C(C)=O. The van der Waals surface area contributed by atoms with Crippen molar-refractivity contribution in [1.82, 2.24) is 4.98 Å². The molecule has 0 aliphatic carbocycles. The molecule has 0 N–H and O–H groups in total. The molecule has 6 heteroatoms. The maximum atomic E-state index is 11.8. The summed E-state index contributed by atoms with van der Waals surface area (Å²) in [5, 5.41) is 0. The van der Waals surface area contributed by atoms with Gasteiger partial charge in [0, 0.05) is 24.7 Å². The zero-order valence-corrected chi connectivity index (χ0v) is 17.8. The first kappa shape index (κ1) is 21.6. The number of methoxy groups -OCH3 is 1. The summed E-state index contributed by atoms with van der Waals surface area (Å²) in [7, 11) is 1.61. The van der Waals surface area contributed by atoms with Crippen LogP contribution in [0.5, 0.6) is 11.5 Å². The molecule has 0 bridgehead atoms.